The molecule has 2 aliphatic heterocycles. The Bertz CT molecular complexity index is 636. The van der Waals surface area contributed by atoms with Crippen LogP contribution in [-0.2, 0) is 25.5 Å². The van der Waals surface area contributed by atoms with Crippen molar-refractivity contribution in [1.82, 2.24) is 4.90 Å². The highest BCUT2D eigenvalue weighted by atomic mass is 16.6. The number of cyclic esters (lactones) is 2. The summed E-state index contributed by atoms with van der Waals surface area (Å²) in [5.74, 6) is -2.40. The SMILES string of the molecule is O=C1CCC(N2C(=O)Cc3ccccc3C2=O)C(=O)O1. The average Bonchev–Trinajstić information content (AvgIpc) is 2.41. The highest BCUT2D eigenvalue weighted by molar-refractivity contribution is 6.12. The summed E-state index contributed by atoms with van der Waals surface area (Å²) in [6.07, 6.45) is 0.214. The zero-order chi connectivity index (χ0) is 14.3. The fourth-order valence-electron chi connectivity index (χ4n) is 2.53. The third-order valence-electron chi connectivity index (χ3n) is 3.50. The molecule has 2 heterocycles. The number of ether oxygens (including phenoxy) is 1. The first-order chi connectivity index (χ1) is 9.58. The van der Waals surface area contributed by atoms with Gasteiger partial charge in [0.25, 0.3) is 5.91 Å². The quantitative estimate of drug-likeness (QED) is 0.421. The van der Waals surface area contributed by atoms with Crippen LogP contribution in [0, 0.1) is 0 Å². The van der Waals surface area contributed by atoms with Crippen LogP contribution in [0.1, 0.15) is 28.8 Å². The lowest BCUT2D eigenvalue weighted by atomic mass is 9.95. The van der Waals surface area contributed by atoms with Crippen molar-refractivity contribution in [3.05, 3.63) is 35.4 Å². The number of hydrogen-bond donors (Lipinski definition) is 0. The van der Waals surface area contributed by atoms with E-state index in [-0.39, 0.29) is 19.3 Å². The minimum absolute atomic E-state index is 0.0229. The Hall–Kier alpha value is -2.50. The molecule has 102 valence electrons. The monoisotopic (exact) mass is 273 g/mol. The lowest BCUT2D eigenvalue weighted by Gasteiger charge is -2.33. The Morgan fingerprint density at radius 1 is 1.10 bits per heavy atom. The van der Waals surface area contributed by atoms with Gasteiger partial charge in [0.2, 0.25) is 5.91 Å². The molecule has 0 saturated carbocycles. The van der Waals surface area contributed by atoms with Crippen LogP contribution >= 0.6 is 0 Å². The molecule has 6 heteroatoms. The predicted molar refractivity (Wildman–Crippen MR) is 65.4 cm³/mol. The molecule has 0 bridgehead atoms. The molecule has 0 radical (unpaired) electrons. The number of fused-ring (bicyclic) bond motifs is 1. The molecular formula is C14H11NO5. The Kier molecular flexibility index (Phi) is 2.85. The highest BCUT2D eigenvalue weighted by Gasteiger charge is 2.42. The second-order valence-electron chi connectivity index (χ2n) is 4.75. The standard InChI is InChI=1S/C14H11NO5/c16-11-7-8-3-1-2-4-9(8)13(18)15(11)10-5-6-12(17)20-14(10)19/h1-4,10H,5-7H2. The fraction of sp³-hybridized carbons (Fsp3) is 0.286. The minimum Gasteiger partial charge on any atom is -0.392 e. The third-order valence-corrected chi connectivity index (χ3v) is 3.50. The molecule has 1 aromatic carbocycles. The van der Waals surface area contributed by atoms with Gasteiger partial charge in [0, 0.05) is 12.0 Å². The van der Waals surface area contributed by atoms with Gasteiger partial charge in [-0.05, 0) is 18.1 Å². The Morgan fingerprint density at radius 2 is 1.85 bits per heavy atom. The van der Waals surface area contributed by atoms with Gasteiger partial charge >= 0.3 is 11.9 Å². The van der Waals surface area contributed by atoms with Crippen LogP contribution in [0.15, 0.2) is 24.3 Å². The van der Waals surface area contributed by atoms with E-state index in [9.17, 15) is 19.2 Å². The van der Waals surface area contributed by atoms with E-state index in [0.29, 0.717) is 11.1 Å². The van der Waals surface area contributed by atoms with E-state index in [2.05, 4.69) is 4.74 Å². The van der Waals surface area contributed by atoms with Crippen LogP contribution in [0.3, 0.4) is 0 Å². The molecule has 1 aromatic rings. The van der Waals surface area contributed by atoms with Gasteiger partial charge in [0.05, 0.1) is 6.42 Å². The van der Waals surface area contributed by atoms with Crippen LogP contribution in [-0.4, -0.2) is 34.7 Å². The number of rotatable bonds is 1. The molecule has 1 fully saturated rings. The van der Waals surface area contributed by atoms with Gasteiger partial charge in [-0.2, -0.15) is 0 Å². The van der Waals surface area contributed by atoms with Crippen molar-refractivity contribution in [3.63, 3.8) is 0 Å². The van der Waals surface area contributed by atoms with Crippen molar-refractivity contribution in [3.8, 4) is 0 Å². The summed E-state index contributed by atoms with van der Waals surface area (Å²) in [5.41, 5.74) is 1.07. The molecule has 0 aromatic heterocycles. The predicted octanol–water partition coefficient (Wildman–Crippen LogP) is 0.444. The largest absolute Gasteiger partial charge is 0.392 e. The van der Waals surface area contributed by atoms with Crippen LogP contribution in [0.4, 0.5) is 0 Å². The van der Waals surface area contributed by atoms with E-state index in [1.807, 2.05) is 0 Å². The summed E-state index contributed by atoms with van der Waals surface area (Å²) in [6, 6.07) is 5.79. The maximum atomic E-state index is 12.4. The molecule has 3 rings (SSSR count). The molecular weight excluding hydrogens is 262 g/mol. The normalized spacial score (nSPS) is 22.6. The second-order valence-corrected chi connectivity index (χ2v) is 4.75. The fourth-order valence-corrected chi connectivity index (χ4v) is 2.53. The number of carbonyl (C=O) groups is 4. The van der Waals surface area contributed by atoms with E-state index >= 15 is 0 Å². The van der Waals surface area contributed by atoms with Crippen LogP contribution in [0.5, 0.6) is 0 Å². The molecule has 0 N–H and O–H groups in total. The maximum Gasteiger partial charge on any atom is 0.337 e. The summed E-state index contributed by atoms with van der Waals surface area (Å²) in [5, 5.41) is 0. The number of imide groups is 1. The van der Waals surface area contributed by atoms with Crippen molar-refractivity contribution in [2.24, 2.45) is 0 Å². The van der Waals surface area contributed by atoms with Gasteiger partial charge in [-0.25, -0.2) is 4.79 Å². The topological polar surface area (TPSA) is 80.8 Å². The molecule has 0 aliphatic carbocycles. The molecule has 1 saturated heterocycles. The van der Waals surface area contributed by atoms with E-state index < -0.39 is 29.8 Å². The summed E-state index contributed by atoms with van der Waals surface area (Å²) in [6.45, 7) is 0. The molecule has 20 heavy (non-hydrogen) atoms. The van der Waals surface area contributed by atoms with Crippen molar-refractivity contribution >= 4 is 23.8 Å². The molecule has 1 atom stereocenters. The molecule has 0 spiro atoms. The highest BCUT2D eigenvalue weighted by Crippen LogP contribution is 2.25. The Morgan fingerprint density at radius 3 is 2.60 bits per heavy atom. The van der Waals surface area contributed by atoms with Crippen LogP contribution in [0.25, 0.3) is 0 Å². The van der Waals surface area contributed by atoms with E-state index in [1.54, 1.807) is 24.3 Å². The molecule has 2 aliphatic rings. The lowest BCUT2D eigenvalue weighted by molar-refractivity contribution is -0.169. The minimum atomic E-state index is -0.999. The van der Waals surface area contributed by atoms with Crippen molar-refractivity contribution < 1.29 is 23.9 Å². The van der Waals surface area contributed by atoms with Gasteiger partial charge < -0.3 is 4.74 Å². The summed E-state index contributed by atoms with van der Waals surface area (Å²) < 4.78 is 4.51. The van der Waals surface area contributed by atoms with E-state index in [4.69, 9.17) is 0 Å². The number of carbonyl (C=O) groups excluding carboxylic acids is 4. The van der Waals surface area contributed by atoms with E-state index in [1.165, 1.54) is 0 Å². The van der Waals surface area contributed by atoms with E-state index in [0.717, 1.165) is 4.90 Å². The first-order valence-corrected chi connectivity index (χ1v) is 6.27. The number of nitrogens with zero attached hydrogens (tertiary/aromatic N) is 1. The zero-order valence-corrected chi connectivity index (χ0v) is 10.5. The van der Waals surface area contributed by atoms with Gasteiger partial charge in [0.15, 0.2) is 0 Å². The third kappa shape index (κ3) is 1.89. The van der Waals surface area contributed by atoms with Gasteiger partial charge in [0.1, 0.15) is 6.04 Å². The summed E-state index contributed by atoms with van der Waals surface area (Å²) >= 11 is 0. The first kappa shape index (κ1) is 12.5. The molecule has 6 nitrogen and oxygen atoms in total. The van der Waals surface area contributed by atoms with Crippen molar-refractivity contribution in [2.45, 2.75) is 25.3 Å². The smallest absolute Gasteiger partial charge is 0.337 e. The molecule has 2 amide bonds. The Balaban J connectivity index is 1.95. The second kappa shape index (κ2) is 4.56. The van der Waals surface area contributed by atoms with Gasteiger partial charge in [-0.15, -0.1) is 0 Å². The van der Waals surface area contributed by atoms with Crippen molar-refractivity contribution in [1.29, 1.82) is 0 Å². The first-order valence-electron chi connectivity index (χ1n) is 6.27. The average molecular weight is 273 g/mol. The van der Waals surface area contributed by atoms with Crippen LogP contribution in [0.2, 0.25) is 0 Å². The number of hydrogen-bond acceptors (Lipinski definition) is 5. The number of esters is 2. The van der Waals surface area contributed by atoms with Crippen LogP contribution < -0.4 is 0 Å². The van der Waals surface area contributed by atoms with Crippen molar-refractivity contribution in [2.75, 3.05) is 0 Å². The molecule has 1 unspecified atom stereocenters. The number of benzene rings is 1. The maximum absolute atomic E-state index is 12.4. The zero-order valence-electron chi connectivity index (χ0n) is 10.5. The Labute approximate surface area is 114 Å². The summed E-state index contributed by atoms with van der Waals surface area (Å²) in [4.78, 5) is 48.1. The lowest BCUT2D eigenvalue weighted by Crippen LogP contribution is -2.54. The van der Waals surface area contributed by atoms with Gasteiger partial charge in [-0.3, -0.25) is 19.3 Å². The van der Waals surface area contributed by atoms with Gasteiger partial charge in [-0.1, -0.05) is 18.2 Å². The number of amides is 2. The summed E-state index contributed by atoms with van der Waals surface area (Å²) in [7, 11) is 0.